The van der Waals surface area contributed by atoms with Crippen LogP contribution in [0.4, 0.5) is 0 Å². The standard InChI is InChI=1S/C66H127NO5/c1-3-5-7-9-11-13-15-17-19-21-28-32-36-40-44-48-52-56-60-66(71)72-61-57-53-49-45-41-37-33-29-25-23-22-24-27-31-35-39-43-47-51-55-59-65(70)67-63(62-68)64(69)58-54-50-46-42-38-34-30-26-20-18-16-14-12-10-8-6-4-2/h13,15,19,21,63-64,68-69H,3-12,14,16-18,20,22-62H2,1-2H3,(H,67,70)/b15-13-,21-19-. The van der Waals surface area contributed by atoms with Crippen LogP contribution < -0.4 is 5.32 Å². The molecule has 0 radical (unpaired) electrons. The number of amides is 1. The summed E-state index contributed by atoms with van der Waals surface area (Å²) in [4.78, 5) is 24.6. The van der Waals surface area contributed by atoms with E-state index in [2.05, 4.69) is 43.5 Å². The number of aliphatic hydroxyl groups excluding tert-OH is 2. The van der Waals surface area contributed by atoms with E-state index in [1.54, 1.807) is 0 Å². The summed E-state index contributed by atoms with van der Waals surface area (Å²) in [5.74, 6) is -0.0300. The lowest BCUT2D eigenvalue weighted by atomic mass is 10.0. The average Bonchev–Trinajstić information content (AvgIpc) is 3.38. The number of carbonyl (C=O) groups is 2. The second-order valence-electron chi connectivity index (χ2n) is 22.5. The minimum Gasteiger partial charge on any atom is -0.466 e. The molecule has 0 fully saturated rings. The third-order valence-electron chi connectivity index (χ3n) is 15.3. The topological polar surface area (TPSA) is 95.9 Å². The van der Waals surface area contributed by atoms with Gasteiger partial charge in [0.25, 0.3) is 0 Å². The summed E-state index contributed by atoms with van der Waals surface area (Å²) >= 11 is 0. The van der Waals surface area contributed by atoms with E-state index in [1.165, 1.54) is 276 Å². The van der Waals surface area contributed by atoms with Gasteiger partial charge < -0.3 is 20.3 Å². The van der Waals surface area contributed by atoms with Gasteiger partial charge in [-0.3, -0.25) is 9.59 Å². The molecule has 6 heteroatoms. The van der Waals surface area contributed by atoms with Crippen LogP contribution in [0.2, 0.25) is 0 Å². The molecule has 0 aromatic heterocycles. The first-order valence-electron chi connectivity index (χ1n) is 32.6. The maximum absolute atomic E-state index is 12.5. The van der Waals surface area contributed by atoms with Gasteiger partial charge in [0.2, 0.25) is 5.91 Å². The fraction of sp³-hybridized carbons (Fsp3) is 0.909. The van der Waals surface area contributed by atoms with E-state index in [0.29, 0.717) is 25.9 Å². The summed E-state index contributed by atoms with van der Waals surface area (Å²) in [6, 6.07) is -0.543. The summed E-state index contributed by atoms with van der Waals surface area (Å²) in [6.07, 6.45) is 76.2. The van der Waals surface area contributed by atoms with Crippen LogP contribution in [0.5, 0.6) is 0 Å². The largest absolute Gasteiger partial charge is 0.466 e. The molecule has 0 aliphatic carbocycles. The molecule has 0 rings (SSSR count). The first-order chi connectivity index (χ1) is 35.5. The Kier molecular flexibility index (Phi) is 60.5. The molecule has 0 saturated carbocycles. The van der Waals surface area contributed by atoms with E-state index in [-0.39, 0.29) is 18.5 Å². The Hall–Kier alpha value is -1.66. The van der Waals surface area contributed by atoms with E-state index in [1.807, 2.05) is 0 Å². The third kappa shape index (κ3) is 57.6. The predicted octanol–water partition coefficient (Wildman–Crippen LogP) is 20.6. The molecule has 2 unspecified atom stereocenters. The number of ether oxygens (including phenoxy) is 1. The summed E-state index contributed by atoms with van der Waals surface area (Å²) in [7, 11) is 0. The van der Waals surface area contributed by atoms with Gasteiger partial charge >= 0.3 is 5.97 Å². The van der Waals surface area contributed by atoms with Crippen molar-refractivity contribution in [1.29, 1.82) is 0 Å². The molecular formula is C66H127NO5. The van der Waals surface area contributed by atoms with Crippen molar-refractivity contribution in [2.24, 2.45) is 0 Å². The molecule has 3 N–H and O–H groups in total. The highest BCUT2D eigenvalue weighted by Crippen LogP contribution is 2.18. The molecule has 2 atom stereocenters. The first-order valence-corrected chi connectivity index (χ1v) is 32.6. The first kappa shape index (κ1) is 70.3. The van der Waals surface area contributed by atoms with Crippen molar-refractivity contribution in [2.45, 2.75) is 373 Å². The van der Waals surface area contributed by atoms with E-state index in [0.717, 1.165) is 51.4 Å². The zero-order valence-corrected chi connectivity index (χ0v) is 48.7. The third-order valence-corrected chi connectivity index (χ3v) is 15.3. The molecule has 0 aromatic rings. The van der Waals surface area contributed by atoms with Crippen LogP contribution in [0.15, 0.2) is 24.3 Å². The number of unbranched alkanes of at least 4 members (excludes halogenated alkanes) is 46. The molecule has 0 aromatic carbocycles. The minimum absolute atomic E-state index is 0.00403. The van der Waals surface area contributed by atoms with Gasteiger partial charge in [0.1, 0.15) is 0 Å². The van der Waals surface area contributed by atoms with Crippen molar-refractivity contribution >= 4 is 11.9 Å². The monoisotopic (exact) mass is 1010 g/mol. The zero-order valence-electron chi connectivity index (χ0n) is 48.7. The van der Waals surface area contributed by atoms with Crippen LogP contribution in [0.1, 0.15) is 361 Å². The highest BCUT2D eigenvalue weighted by molar-refractivity contribution is 5.76. The maximum Gasteiger partial charge on any atom is 0.305 e. The van der Waals surface area contributed by atoms with Gasteiger partial charge in [-0.1, -0.05) is 314 Å². The molecule has 0 heterocycles. The van der Waals surface area contributed by atoms with Gasteiger partial charge in [-0.25, -0.2) is 0 Å². The van der Waals surface area contributed by atoms with E-state index < -0.39 is 12.1 Å². The fourth-order valence-corrected chi connectivity index (χ4v) is 10.3. The Morgan fingerprint density at radius 2 is 0.694 bits per heavy atom. The number of esters is 1. The van der Waals surface area contributed by atoms with Crippen molar-refractivity contribution in [3.8, 4) is 0 Å². The summed E-state index contributed by atoms with van der Waals surface area (Å²) in [5, 5.41) is 23.3. The van der Waals surface area contributed by atoms with Crippen LogP contribution in [-0.2, 0) is 14.3 Å². The summed E-state index contributed by atoms with van der Waals surface area (Å²) < 4.78 is 5.49. The van der Waals surface area contributed by atoms with Gasteiger partial charge in [-0.15, -0.1) is 0 Å². The number of allylic oxidation sites excluding steroid dienone is 4. The van der Waals surface area contributed by atoms with E-state index >= 15 is 0 Å². The molecule has 0 saturated heterocycles. The number of rotatable bonds is 61. The van der Waals surface area contributed by atoms with E-state index in [9.17, 15) is 19.8 Å². The second-order valence-corrected chi connectivity index (χ2v) is 22.5. The summed E-state index contributed by atoms with van der Waals surface area (Å²) in [6.45, 7) is 4.96. The van der Waals surface area contributed by atoms with Crippen molar-refractivity contribution in [1.82, 2.24) is 5.32 Å². The molecule has 72 heavy (non-hydrogen) atoms. The zero-order chi connectivity index (χ0) is 52.2. The average molecular weight is 1010 g/mol. The Morgan fingerprint density at radius 3 is 1.07 bits per heavy atom. The Morgan fingerprint density at radius 1 is 0.389 bits per heavy atom. The van der Waals surface area contributed by atoms with Crippen molar-refractivity contribution in [3.05, 3.63) is 24.3 Å². The summed E-state index contributed by atoms with van der Waals surface area (Å²) in [5.41, 5.74) is 0. The molecule has 426 valence electrons. The Bertz CT molecular complexity index is 1120. The van der Waals surface area contributed by atoms with E-state index in [4.69, 9.17) is 4.74 Å². The van der Waals surface area contributed by atoms with Gasteiger partial charge in [0.15, 0.2) is 0 Å². The number of nitrogens with one attached hydrogen (secondary N) is 1. The maximum atomic E-state index is 12.5. The van der Waals surface area contributed by atoms with Crippen LogP contribution >= 0.6 is 0 Å². The number of hydrogen-bond donors (Lipinski definition) is 3. The van der Waals surface area contributed by atoms with Gasteiger partial charge in [-0.05, 0) is 57.8 Å². The number of carbonyl (C=O) groups excluding carboxylic acids is 2. The van der Waals surface area contributed by atoms with Crippen LogP contribution in [0.3, 0.4) is 0 Å². The fourth-order valence-electron chi connectivity index (χ4n) is 10.3. The SMILES string of the molecule is CCCCCC/C=C\C/C=C\CCCCCCCCCC(=O)OCCCCCCCCCCCCCCCCCCCCCCC(=O)NC(CO)C(O)CCCCCCCCCCCCCCCCCCC. The molecule has 0 bridgehead atoms. The van der Waals surface area contributed by atoms with Crippen molar-refractivity contribution in [3.63, 3.8) is 0 Å². The Labute approximate surface area is 450 Å². The van der Waals surface area contributed by atoms with Crippen LogP contribution in [0.25, 0.3) is 0 Å². The molecule has 1 amide bonds. The number of aliphatic hydroxyl groups is 2. The molecule has 0 aliphatic heterocycles. The lowest BCUT2D eigenvalue weighted by Gasteiger charge is -2.22. The highest BCUT2D eigenvalue weighted by Gasteiger charge is 2.20. The molecule has 6 nitrogen and oxygen atoms in total. The second kappa shape index (κ2) is 61.9. The lowest BCUT2D eigenvalue weighted by Crippen LogP contribution is -2.45. The molecule has 0 spiro atoms. The normalized spacial score (nSPS) is 12.7. The van der Waals surface area contributed by atoms with Gasteiger partial charge in [0.05, 0.1) is 25.4 Å². The predicted molar refractivity (Wildman–Crippen MR) is 315 cm³/mol. The van der Waals surface area contributed by atoms with Crippen molar-refractivity contribution in [2.75, 3.05) is 13.2 Å². The molecule has 0 aliphatic rings. The van der Waals surface area contributed by atoms with Crippen LogP contribution in [0, 0.1) is 0 Å². The van der Waals surface area contributed by atoms with Gasteiger partial charge in [-0.2, -0.15) is 0 Å². The molecular weight excluding hydrogens is 887 g/mol. The highest BCUT2D eigenvalue weighted by atomic mass is 16.5. The van der Waals surface area contributed by atoms with Gasteiger partial charge in [0, 0.05) is 12.8 Å². The van der Waals surface area contributed by atoms with Crippen LogP contribution in [-0.4, -0.2) is 47.4 Å². The lowest BCUT2D eigenvalue weighted by molar-refractivity contribution is -0.143. The number of hydrogen-bond acceptors (Lipinski definition) is 5. The quantitative estimate of drug-likeness (QED) is 0.0320. The minimum atomic E-state index is -0.666. The Balaban J connectivity index is 3.38. The smallest absolute Gasteiger partial charge is 0.305 e. The van der Waals surface area contributed by atoms with Crippen molar-refractivity contribution < 1.29 is 24.5 Å².